The molecule has 0 aliphatic heterocycles. The minimum Gasteiger partial charge on any atom is -0.493 e. The summed E-state index contributed by atoms with van der Waals surface area (Å²) in [6.07, 6.45) is 0. The highest BCUT2D eigenvalue weighted by Crippen LogP contribution is 2.32. The van der Waals surface area contributed by atoms with Crippen LogP contribution in [0.5, 0.6) is 11.5 Å². The number of fused-ring (bicyclic) bond motifs is 1. The van der Waals surface area contributed by atoms with E-state index < -0.39 is 0 Å². The maximum Gasteiger partial charge on any atom is 0.250 e. The molecule has 0 saturated carbocycles. The van der Waals surface area contributed by atoms with E-state index in [2.05, 4.69) is 57.1 Å². The number of thioether (sulfide) groups is 2. The number of hydrogen-bond acceptors (Lipinski definition) is 9. The lowest BCUT2D eigenvalue weighted by Gasteiger charge is -2.09. The Hall–Kier alpha value is -3.08. The van der Waals surface area contributed by atoms with Crippen LogP contribution in [0.1, 0.15) is 18.1 Å². The summed E-state index contributed by atoms with van der Waals surface area (Å²) in [7, 11) is 3.16. The molecular weight excluding hydrogens is 501 g/mol. The molecule has 0 radical (unpaired) electrons. The third-order valence-corrected chi connectivity index (χ3v) is 8.33. The van der Waals surface area contributed by atoms with Gasteiger partial charge in [0.1, 0.15) is 0 Å². The van der Waals surface area contributed by atoms with Crippen molar-refractivity contribution in [3.05, 3.63) is 71.8 Å². The molecule has 0 fully saturated rings. The Morgan fingerprint density at radius 1 is 0.971 bits per heavy atom. The Morgan fingerprint density at radius 2 is 1.71 bits per heavy atom. The maximum atomic E-state index is 12.3. The number of hydrazone groups is 1. The molecule has 0 aliphatic carbocycles. The second-order valence-electron chi connectivity index (χ2n) is 7.35. The Bertz CT molecular complexity index is 1350. The summed E-state index contributed by atoms with van der Waals surface area (Å²) in [5.74, 6) is 2.04. The molecule has 1 N–H and O–H groups in total. The minimum absolute atomic E-state index is 0.200. The number of carbonyl (C=O) groups excluding carboxylic acids is 1. The summed E-state index contributed by atoms with van der Waals surface area (Å²) in [5.41, 5.74) is 5.34. The second-order valence-corrected chi connectivity index (χ2v) is 10.8. The smallest absolute Gasteiger partial charge is 0.250 e. The Balaban J connectivity index is 1.28. The highest BCUT2D eigenvalue weighted by Gasteiger charge is 2.11. The van der Waals surface area contributed by atoms with Crippen LogP contribution in [0.3, 0.4) is 0 Å². The summed E-state index contributed by atoms with van der Waals surface area (Å²) >= 11 is 4.49. The minimum atomic E-state index is -0.213. The first-order chi connectivity index (χ1) is 17.1. The van der Waals surface area contributed by atoms with E-state index in [0.717, 1.165) is 20.0 Å². The fourth-order valence-electron chi connectivity index (χ4n) is 3.30. The fraction of sp³-hybridized carbons (Fsp3) is 0.200. The standard InChI is InChI=1S/C25H24N4O3S3/c1-16(18-11-12-21(31-2)22(13-18)32-3)26-27-23(30)15-34-25-29-28-24(35-25)33-14-19-9-6-8-17-7-4-5-10-20(17)19/h4-13H,14-15H2,1-3H3,(H,27,30)/b26-16-. The van der Waals surface area contributed by atoms with Gasteiger partial charge in [0.2, 0.25) is 0 Å². The first-order valence-corrected chi connectivity index (χ1v) is 13.5. The van der Waals surface area contributed by atoms with Gasteiger partial charge in [-0.15, -0.1) is 10.2 Å². The van der Waals surface area contributed by atoms with Crippen molar-refractivity contribution in [2.24, 2.45) is 5.10 Å². The molecule has 4 aromatic rings. The molecule has 7 nitrogen and oxygen atoms in total. The molecule has 1 amide bonds. The number of aromatic nitrogens is 2. The summed E-state index contributed by atoms with van der Waals surface area (Å²) in [5, 5.41) is 15.2. The second kappa shape index (κ2) is 12.1. The van der Waals surface area contributed by atoms with E-state index >= 15 is 0 Å². The van der Waals surface area contributed by atoms with Gasteiger partial charge in [0, 0.05) is 11.3 Å². The predicted molar refractivity (Wildman–Crippen MR) is 144 cm³/mol. The molecule has 180 valence electrons. The Kier molecular flexibility index (Phi) is 8.62. The number of ether oxygens (including phenoxy) is 2. The van der Waals surface area contributed by atoms with Crippen LogP contribution in [-0.2, 0) is 10.5 Å². The summed E-state index contributed by atoms with van der Waals surface area (Å²) in [4.78, 5) is 12.3. The van der Waals surface area contributed by atoms with E-state index in [9.17, 15) is 4.79 Å². The molecule has 35 heavy (non-hydrogen) atoms. The predicted octanol–water partition coefficient (Wildman–Crippen LogP) is 5.63. The van der Waals surface area contributed by atoms with Crippen LogP contribution in [0.2, 0.25) is 0 Å². The molecule has 0 spiro atoms. The number of methoxy groups -OCH3 is 2. The lowest BCUT2D eigenvalue weighted by atomic mass is 10.1. The number of nitrogens with one attached hydrogen (secondary N) is 1. The number of amides is 1. The van der Waals surface area contributed by atoms with E-state index in [0.29, 0.717) is 17.2 Å². The summed E-state index contributed by atoms with van der Waals surface area (Å²) < 4.78 is 12.2. The summed E-state index contributed by atoms with van der Waals surface area (Å²) in [6.45, 7) is 1.82. The zero-order valence-corrected chi connectivity index (χ0v) is 21.9. The molecule has 0 saturated heterocycles. The highest BCUT2D eigenvalue weighted by molar-refractivity contribution is 8.03. The van der Waals surface area contributed by atoms with Crippen LogP contribution < -0.4 is 14.9 Å². The van der Waals surface area contributed by atoms with Gasteiger partial charge >= 0.3 is 0 Å². The fourth-order valence-corrected chi connectivity index (χ4v) is 6.12. The molecule has 0 unspecified atom stereocenters. The van der Waals surface area contributed by atoms with E-state index in [1.165, 1.54) is 39.4 Å². The van der Waals surface area contributed by atoms with E-state index in [1.54, 1.807) is 32.0 Å². The van der Waals surface area contributed by atoms with E-state index in [-0.39, 0.29) is 11.7 Å². The average molecular weight is 525 g/mol. The zero-order valence-electron chi connectivity index (χ0n) is 19.5. The van der Waals surface area contributed by atoms with Gasteiger partial charge in [-0.3, -0.25) is 4.79 Å². The van der Waals surface area contributed by atoms with Crippen molar-refractivity contribution >= 4 is 57.3 Å². The van der Waals surface area contributed by atoms with Crippen molar-refractivity contribution in [3.63, 3.8) is 0 Å². The monoisotopic (exact) mass is 524 g/mol. The van der Waals surface area contributed by atoms with Crippen LogP contribution >= 0.6 is 34.9 Å². The SMILES string of the molecule is COc1ccc(/C(C)=N\NC(=O)CSc2nnc(SCc3cccc4ccccc34)s2)cc1OC. The van der Waals surface area contributed by atoms with Crippen molar-refractivity contribution in [2.75, 3.05) is 20.0 Å². The van der Waals surface area contributed by atoms with Gasteiger partial charge in [0.25, 0.3) is 5.91 Å². The number of carbonyl (C=O) groups is 1. The molecule has 1 aromatic heterocycles. The van der Waals surface area contributed by atoms with Gasteiger partial charge in [0.05, 0.1) is 25.7 Å². The third kappa shape index (κ3) is 6.53. The molecule has 4 rings (SSSR count). The van der Waals surface area contributed by atoms with E-state index in [4.69, 9.17) is 9.47 Å². The van der Waals surface area contributed by atoms with Crippen molar-refractivity contribution < 1.29 is 14.3 Å². The largest absolute Gasteiger partial charge is 0.493 e. The van der Waals surface area contributed by atoms with Crippen molar-refractivity contribution in [3.8, 4) is 11.5 Å². The van der Waals surface area contributed by atoms with Gasteiger partial charge in [0.15, 0.2) is 20.2 Å². The highest BCUT2D eigenvalue weighted by atomic mass is 32.2. The molecule has 0 atom stereocenters. The number of rotatable bonds is 10. The molecule has 3 aromatic carbocycles. The van der Waals surface area contributed by atoms with Crippen molar-refractivity contribution in [1.82, 2.24) is 15.6 Å². The first-order valence-electron chi connectivity index (χ1n) is 10.7. The van der Waals surface area contributed by atoms with Gasteiger partial charge in [-0.1, -0.05) is 77.3 Å². The van der Waals surface area contributed by atoms with Crippen LogP contribution in [0.4, 0.5) is 0 Å². The zero-order chi connectivity index (χ0) is 24.6. The molecule has 0 bridgehead atoms. The van der Waals surface area contributed by atoms with Crippen LogP contribution in [0, 0.1) is 0 Å². The average Bonchev–Trinajstić information content (AvgIpc) is 3.36. The lowest BCUT2D eigenvalue weighted by molar-refractivity contribution is -0.118. The molecule has 1 heterocycles. The van der Waals surface area contributed by atoms with Crippen LogP contribution in [0.25, 0.3) is 10.8 Å². The quantitative estimate of drug-likeness (QED) is 0.163. The topological polar surface area (TPSA) is 85.7 Å². The Morgan fingerprint density at radius 3 is 2.51 bits per heavy atom. The number of benzene rings is 3. The number of nitrogens with zero attached hydrogens (tertiary/aromatic N) is 3. The summed E-state index contributed by atoms with van der Waals surface area (Å²) in [6, 6.07) is 20.2. The maximum absolute atomic E-state index is 12.3. The normalized spacial score (nSPS) is 11.5. The van der Waals surface area contributed by atoms with Crippen molar-refractivity contribution in [2.45, 2.75) is 21.4 Å². The van der Waals surface area contributed by atoms with E-state index in [1.807, 2.05) is 25.1 Å². The first kappa shape index (κ1) is 25.0. The van der Waals surface area contributed by atoms with Gasteiger partial charge in [-0.2, -0.15) is 5.10 Å². The third-order valence-electron chi connectivity index (χ3n) is 5.10. The van der Waals surface area contributed by atoms with Gasteiger partial charge in [-0.25, -0.2) is 5.43 Å². The van der Waals surface area contributed by atoms with Gasteiger partial charge in [-0.05, 0) is 41.5 Å². The Labute approximate surface area is 216 Å². The van der Waals surface area contributed by atoms with Crippen LogP contribution in [-0.4, -0.2) is 41.8 Å². The number of hydrogen-bond donors (Lipinski definition) is 1. The lowest BCUT2D eigenvalue weighted by Crippen LogP contribution is -2.21. The van der Waals surface area contributed by atoms with Crippen molar-refractivity contribution in [1.29, 1.82) is 0 Å². The molecule has 10 heteroatoms. The molecule has 0 aliphatic rings. The van der Waals surface area contributed by atoms with Gasteiger partial charge < -0.3 is 9.47 Å². The molecular formula is C25H24N4O3S3. The van der Waals surface area contributed by atoms with Crippen LogP contribution in [0.15, 0.2) is 74.4 Å².